The van der Waals surface area contributed by atoms with E-state index >= 15 is 0 Å². The van der Waals surface area contributed by atoms with Gasteiger partial charge in [0, 0.05) is 42.8 Å². The molecule has 66 heavy (non-hydrogen) atoms. The topological polar surface area (TPSA) is 56.7 Å². The summed E-state index contributed by atoms with van der Waals surface area (Å²) in [6.07, 6.45) is 3.21. The van der Waals surface area contributed by atoms with Crippen molar-refractivity contribution in [1.29, 1.82) is 0 Å². The largest absolute Gasteiger partial charge is 0.501 e. The summed E-state index contributed by atoms with van der Waals surface area (Å²) >= 11 is 0. The van der Waals surface area contributed by atoms with Crippen molar-refractivity contribution in [2.75, 3.05) is 0 Å². The molecule has 1 radical (unpaired) electrons. The number of imidazole rings is 1. The maximum absolute atomic E-state index is 6.53. The van der Waals surface area contributed by atoms with Crippen LogP contribution in [0.2, 0.25) is 19.6 Å². The van der Waals surface area contributed by atoms with E-state index in [1.165, 1.54) is 33.0 Å². The number of furan rings is 1. The number of pyridine rings is 2. The van der Waals surface area contributed by atoms with Crippen molar-refractivity contribution in [3.8, 4) is 39.5 Å². The van der Waals surface area contributed by atoms with Crippen LogP contribution in [0.4, 0.5) is 0 Å². The standard InChI is InChI=1S/C40H32N3O.C19H26NSi.Ir/c1-24(2)32-21-28(26-13-6-5-7-14-26)22-33(25(3)4)37(32)43-39(42-35-23-27-15-8-10-19-34(27)41-40(35)43)31-18-12-17-30-29-16-9-11-20-36(29)44-38(30)31;1-19(2,3)13-16-12-17(15-10-8-7-9-11-15)20-14-18(16)21(4,5)6;/h5-17,19-25H,1-4H3;7-10,12,14H,13H2,1-6H3;/q2*-1;. The fourth-order valence-electron chi connectivity index (χ4n) is 9.05. The van der Waals surface area contributed by atoms with Gasteiger partial charge in [-0.2, -0.15) is 0 Å². The summed E-state index contributed by atoms with van der Waals surface area (Å²) < 4.78 is 8.81. The molecule has 0 amide bonds. The van der Waals surface area contributed by atoms with Gasteiger partial charge in [0.15, 0.2) is 5.65 Å². The number of aromatic nitrogens is 4. The van der Waals surface area contributed by atoms with Crippen LogP contribution in [-0.4, -0.2) is 27.6 Å². The van der Waals surface area contributed by atoms with E-state index in [-0.39, 0.29) is 37.4 Å². The molecule has 10 rings (SSSR count). The molecule has 4 heterocycles. The molecule has 0 aliphatic rings. The van der Waals surface area contributed by atoms with E-state index in [4.69, 9.17) is 19.4 Å². The average Bonchev–Trinajstić information content (AvgIpc) is 3.85. The molecule has 0 fully saturated rings. The van der Waals surface area contributed by atoms with Crippen molar-refractivity contribution >= 4 is 57.3 Å². The Kier molecular flexibility index (Phi) is 13.2. The fourth-order valence-corrected chi connectivity index (χ4v) is 10.6. The number of nitrogens with zero attached hydrogens (tertiary/aromatic N) is 4. The van der Waals surface area contributed by atoms with Crippen LogP contribution in [-0.2, 0) is 26.5 Å². The van der Waals surface area contributed by atoms with Gasteiger partial charge in [-0.05, 0) is 87.1 Å². The van der Waals surface area contributed by atoms with Gasteiger partial charge in [0.1, 0.15) is 5.58 Å². The number of fused-ring (bicyclic) bond motifs is 5. The van der Waals surface area contributed by atoms with Crippen molar-refractivity contribution in [3.05, 3.63) is 175 Å². The molecule has 0 bridgehead atoms. The molecule has 7 heteroatoms. The summed E-state index contributed by atoms with van der Waals surface area (Å²) in [6, 6.07) is 55.2. The monoisotopic (exact) mass is 1060 g/mol. The quantitative estimate of drug-likeness (QED) is 0.112. The van der Waals surface area contributed by atoms with Crippen molar-refractivity contribution in [2.24, 2.45) is 5.41 Å². The van der Waals surface area contributed by atoms with Crippen LogP contribution in [0.5, 0.6) is 0 Å². The maximum Gasteiger partial charge on any atom is 0.156 e. The first-order valence-corrected chi connectivity index (χ1v) is 26.5. The van der Waals surface area contributed by atoms with Crippen LogP contribution in [0.3, 0.4) is 0 Å². The van der Waals surface area contributed by atoms with E-state index in [2.05, 4.69) is 182 Å². The van der Waals surface area contributed by atoms with Crippen LogP contribution < -0.4 is 5.19 Å². The van der Waals surface area contributed by atoms with Crippen molar-refractivity contribution in [1.82, 2.24) is 19.5 Å². The minimum atomic E-state index is -1.37. The van der Waals surface area contributed by atoms with Gasteiger partial charge >= 0.3 is 0 Å². The second-order valence-corrected chi connectivity index (χ2v) is 25.2. The molecule has 4 aromatic heterocycles. The van der Waals surface area contributed by atoms with Crippen molar-refractivity contribution in [3.63, 3.8) is 0 Å². The number of para-hydroxylation sites is 2. The van der Waals surface area contributed by atoms with E-state index in [0.29, 0.717) is 0 Å². The zero-order valence-corrected chi connectivity index (χ0v) is 43.1. The van der Waals surface area contributed by atoms with Gasteiger partial charge in [0.2, 0.25) is 0 Å². The van der Waals surface area contributed by atoms with Gasteiger partial charge in [0.05, 0.1) is 30.5 Å². The van der Waals surface area contributed by atoms with Gasteiger partial charge in [-0.25, -0.2) is 4.98 Å². The predicted octanol–water partition coefficient (Wildman–Crippen LogP) is 15.5. The Bertz CT molecular complexity index is 3290. The third-order valence-electron chi connectivity index (χ3n) is 12.1. The molecular formula is C59H58IrN4OSi-2. The number of benzene rings is 6. The molecular weight excluding hydrogens is 1000 g/mol. The molecule has 0 unspecified atom stereocenters. The Balaban J connectivity index is 0.000000228. The fraction of sp³-hybridized carbons (Fsp3) is 0.237. The average molecular weight is 1060 g/mol. The second kappa shape index (κ2) is 18.7. The summed E-state index contributed by atoms with van der Waals surface area (Å²) in [5, 5.41) is 4.69. The zero-order chi connectivity index (χ0) is 45.6. The molecule has 0 saturated carbocycles. The first-order valence-electron chi connectivity index (χ1n) is 23.0. The zero-order valence-electron chi connectivity index (χ0n) is 39.7. The predicted molar refractivity (Wildman–Crippen MR) is 276 cm³/mol. The SMILES string of the molecule is CC(C)(C)Cc1cc(-c2[c-]cccc2)ncc1[Si](C)(C)C.CC(C)c1cc(-c2ccccc2)cc(C(C)C)c1-n1c(-c2[c-]ccc3c2oc2ccccc23)nc2cc3ccccc3nc21.[Ir]. The van der Waals surface area contributed by atoms with Crippen LogP contribution in [0, 0.1) is 17.5 Å². The molecule has 10 aromatic rings. The molecule has 0 atom stereocenters. The summed E-state index contributed by atoms with van der Waals surface area (Å²) in [7, 11) is -1.37. The minimum Gasteiger partial charge on any atom is -0.501 e. The summed E-state index contributed by atoms with van der Waals surface area (Å²) in [6.45, 7) is 23.2. The molecule has 6 aromatic carbocycles. The van der Waals surface area contributed by atoms with Gasteiger partial charge in [-0.1, -0.05) is 157 Å². The third-order valence-corrected chi connectivity index (χ3v) is 14.2. The number of rotatable bonds is 8. The Morgan fingerprint density at radius 3 is 2.03 bits per heavy atom. The minimum absolute atomic E-state index is 0. The van der Waals surface area contributed by atoms with Gasteiger partial charge in [-0.3, -0.25) is 4.98 Å². The van der Waals surface area contributed by atoms with Gasteiger partial charge < -0.3 is 14.0 Å². The van der Waals surface area contributed by atoms with Gasteiger partial charge in [-0.15, -0.1) is 54.1 Å². The smallest absolute Gasteiger partial charge is 0.156 e. The normalized spacial score (nSPS) is 12.0. The molecule has 0 aliphatic carbocycles. The molecule has 0 N–H and O–H groups in total. The van der Waals surface area contributed by atoms with Gasteiger partial charge in [0.25, 0.3) is 0 Å². The van der Waals surface area contributed by atoms with Crippen LogP contribution in [0.15, 0.2) is 150 Å². The molecule has 335 valence electrons. The first-order chi connectivity index (χ1) is 31.1. The Morgan fingerprint density at radius 1 is 0.667 bits per heavy atom. The summed E-state index contributed by atoms with van der Waals surface area (Å²) in [4.78, 5) is 15.3. The van der Waals surface area contributed by atoms with E-state index in [9.17, 15) is 0 Å². The molecule has 0 aliphatic heterocycles. The molecule has 0 spiro atoms. The van der Waals surface area contributed by atoms with Crippen LogP contribution >= 0.6 is 0 Å². The second-order valence-electron chi connectivity index (χ2n) is 20.2. The Hall–Kier alpha value is -5.98. The number of hydrogen-bond donors (Lipinski definition) is 0. The summed E-state index contributed by atoms with van der Waals surface area (Å²) in [5.74, 6) is 1.29. The molecule has 5 nitrogen and oxygen atoms in total. The van der Waals surface area contributed by atoms with Crippen LogP contribution in [0.25, 0.3) is 83.5 Å². The maximum atomic E-state index is 6.53. The molecule has 0 saturated heterocycles. The first kappa shape index (κ1) is 46.5. The van der Waals surface area contributed by atoms with E-state index in [1.807, 2.05) is 48.5 Å². The van der Waals surface area contributed by atoms with Crippen molar-refractivity contribution < 1.29 is 24.5 Å². The summed E-state index contributed by atoms with van der Waals surface area (Å²) in [5.41, 5.74) is 15.0. The van der Waals surface area contributed by atoms with Crippen LogP contribution in [0.1, 0.15) is 77.0 Å². The Morgan fingerprint density at radius 2 is 1.35 bits per heavy atom. The Labute approximate surface area is 404 Å². The number of hydrogen-bond acceptors (Lipinski definition) is 4. The third kappa shape index (κ3) is 9.35. The van der Waals surface area contributed by atoms with E-state index in [0.717, 1.165) is 78.8 Å². The van der Waals surface area contributed by atoms with E-state index in [1.54, 1.807) is 0 Å². The van der Waals surface area contributed by atoms with Crippen molar-refractivity contribution in [2.45, 2.75) is 86.4 Å². The van der Waals surface area contributed by atoms with E-state index < -0.39 is 8.07 Å².